The lowest BCUT2D eigenvalue weighted by molar-refractivity contribution is -0.136. The van der Waals surface area contributed by atoms with Crippen molar-refractivity contribution in [3.05, 3.63) is 43.8 Å². The molecule has 0 radical (unpaired) electrons. The molecule has 0 amide bonds. The lowest BCUT2D eigenvalue weighted by atomic mass is 10.3. The van der Waals surface area contributed by atoms with Crippen molar-refractivity contribution in [1.82, 2.24) is 4.57 Å². The summed E-state index contributed by atoms with van der Waals surface area (Å²) in [7, 11) is 0. The Morgan fingerprint density at radius 2 is 2.07 bits per heavy atom. The first kappa shape index (κ1) is 21.2. The van der Waals surface area contributed by atoms with E-state index >= 15 is 0 Å². The molecule has 0 aliphatic rings. The number of carbonyl (C=O) groups excluding carboxylic acids is 1. The zero-order valence-electron chi connectivity index (χ0n) is 15.6. The fourth-order valence-corrected chi connectivity index (χ4v) is 3.41. The van der Waals surface area contributed by atoms with Crippen LogP contribution in [-0.2, 0) is 16.1 Å². The molecular formula is C19H21N3O5S. The van der Waals surface area contributed by atoms with Crippen LogP contribution in [0.15, 0.2) is 29.1 Å². The number of nitrogens with zero attached hydrogens (tertiary/aromatic N) is 2. The molecule has 0 fully saturated rings. The van der Waals surface area contributed by atoms with E-state index in [2.05, 4.69) is 5.32 Å². The number of hydrogen-bond donors (Lipinski definition) is 2. The van der Waals surface area contributed by atoms with Crippen LogP contribution in [0.25, 0.3) is 11.8 Å². The lowest BCUT2D eigenvalue weighted by Gasteiger charge is -2.05. The number of rotatable bonds is 8. The minimum absolute atomic E-state index is 0.0638. The van der Waals surface area contributed by atoms with E-state index in [1.165, 1.54) is 10.8 Å². The molecule has 0 atom stereocenters. The number of anilines is 1. The molecule has 1 heterocycles. The molecular weight excluding hydrogens is 382 g/mol. The average Bonchev–Trinajstić information content (AvgIpc) is 3.01. The zero-order chi connectivity index (χ0) is 20.5. The average molecular weight is 403 g/mol. The van der Waals surface area contributed by atoms with Crippen molar-refractivity contribution in [3.8, 4) is 11.8 Å². The maximum atomic E-state index is 12.6. The highest BCUT2D eigenvalue weighted by Crippen LogP contribution is 2.15. The zero-order valence-corrected chi connectivity index (χ0v) is 16.4. The fourth-order valence-electron chi connectivity index (χ4n) is 2.34. The van der Waals surface area contributed by atoms with Crippen LogP contribution in [0.4, 0.5) is 5.69 Å². The largest absolute Gasteiger partial charge is 0.491 e. The van der Waals surface area contributed by atoms with Crippen molar-refractivity contribution in [2.45, 2.75) is 20.4 Å². The highest BCUT2D eigenvalue weighted by Gasteiger charge is 2.16. The first-order chi connectivity index (χ1) is 13.5. The van der Waals surface area contributed by atoms with Crippen LogP contribution in [0, 0.1) is 11.3 Å². The van der Waals surface area contributed by atoms with Gasteiger partial charge in [0.1, 0.15) is 27.6 Å². The molecule has 2 N–H and O–H groups in total. The topological polar surface area (TPSA) is 114 Å². The first-order valence-electron chi connectivity index (χ1n) is 8.67. The van der Waals surface area contributed by atoms with Crippen molar-refractivity contribution < 1.29 is 19.4 Å². The van der Waals surface area contributed by atoms with Gasteiger partial charge >= 0.3 is 5.97 Å². The minimum Gasteiger partial charge on any atom is -0.491 e. The summed E-state index contributed by atoms with van der Waals surface area (Å²) in [6, 6.07) is 8.84. The molecule has 148 valence electrons. The first-order valence-corrected chi connectivity index (χ1v) is 9.48. The molecule has 1 aromatic carbocycles. The smallest absolute Gasteiger partial charge is 0.351 e. The van der Waals surface area contributed by atoms with Gasteiger partial charge in [0.05, 0.1) is 13.2 Å². The van der Waals surface area contributed by atoms with E-state index in [4.69, 9.17) is 14.6 Å². The molecule has 9 heteroatoms. The Hall–Kier alpha value is -3.09. The van der Waals surface area contributed by atoms with Crippen LogP contribution >= 0.6 is 11.3 Å². The van der Waals surface area contributed by atoms with E-state index in [0.29, 0.717) is 16.8 Å². The molecule has 0 saturated heterocycles. The minimum atomic E-state index is -0.744. The van der Waals surface area contributed by atoms with Gasteiger partial charge in [0, 0.05) is 18.4 Å². The second-order valence-electron chi connectivity index (χ2n) is 5.41. The second-order valence-corrected chi connectivity index (χ2v) is 6.44. The number of hydrogen-bond acceptors (Lipinski definition) is 8. The van der Waals surface area contributed by atoms with Gasteiger partial charge in [0.15, 0.2) is 5.57 Å². The number of aliphatic hydroxyl groups is 1. The summed E-state index contributed by atoms with van der Waals surface area (Å²) in [6.45, 7) is 4.03. The summed E-state index contributed by atoms with van der Waals surface area (Å²) in [6.07, 6.45) is 1.53. The van der Waals surface area contributed by atoms with Gasteiger partial charge in [-0.25, -0.2) is 4.79 Å². The summed E-state index contributed by atoms with van der Waals surface area (Å²) >= 11 is 1.05. The molecule has 0 saturated carbocycles. The Balaban J connectivity index is 2.39. The highest BCUT2D eigenvalue weighted by molar-refractivity contribution is 7.07. The maximum Gasteiger partial charge on any atom is 0.351 e. The van der Waals surface area contributed by atoms with Gasteiger partial charge in [0.2, 0.25) is 0 Å². The van der Waals surface area contributed by atoms with E-state index in [0.717, 1.165) is 17.0 Å². The highest BCUT2D eigenvalue weighted by atomic mass is 32.1. The monoisotopic (exact) mass is 403 g/mol. The molecule has 0 aliphatic carbocycles. The van der Waals surface area contributed by atoms with Gasteiger partial charge < -0.3 is 19.9 Å². The summed E-state index contributed by atoms with van der Waals surface area (Å²) in [5, 5.41) is 21.1. The second kappa shape index (κ2) is 10.3. The summed E-state index contributed by atoms with van der Waals surface area (Å²) in [5.41, 5.74) is 0.245. The standard InChI is InChI=1S/C19H21N3O5S/c1-3-22-17(24)16(28-18(22)15(11-20)19(25)26-4-2)12-21-13-5-7-14(8-6-13)27-10-9-23/h5-8,12,21,23H,3-4,9-10H2,1-2H3/b16-12-,18-15-. The molecule has 0 unspecified atom stereocenters. The van der Waals surface area contributed by atoms with E-state index in [9.17, 15) is 14.9 Å². The SMILES string of the molecule is CCOC(=O)/C(C#N)=c1\s/c(=C\Nc2ccc(OCCO)cc2)c(=O)n1CC. The number of esters is 1. The summed E-state index contributed by atoms with van der Waals surface area (Å²) in [5.74, 6) is -0.125. The van der Waals surface area contributed by atoms with E-state index < -0.39 is 5.97 Å². The van der Waals surface area contributed by atoms with Crippen molar-refractivity contribution >= 4 is 34.8 Å². The number of aromatic nitrogens is 1. The predicted molar refractivity (Wildman–Crippen MR) is 106 cm³/mol. The fraction of sp³-hybridized carbons (Fsp3) is 0.316. The number of nitriles is 1. The molecule has 2 rings (SSSR count). The molecule has 8 nitrogen and oxygen atoms in total. The maximum absolute atomic E-state index is 12.6. The van der Waals surface area contributed by atoms with Crippen LogP contribution < -0.4 is 24.8 Å². The predicted octanol–water partition coefficient (Wildman–Crippen LogP) is 0.388. The number of benzene rings is 1. The van der Waals surface area contributed by atoms with Gasteiger partial charge in [-0.2, -0.15) is 5.26 Å². The van der Waals surface area contributed by atoms with Crippen LogP contribution in [-0.4, -0.2) is 35.5 Å². The lowest BCUT2D eigenvalue weighted by Crippen LogP contribution is -2.32. The molecule has 0 aliphatic heterocycles. The van der Waals surface area contributed by atoms with Crippen molar-refractivity contribution in [2.24, 2.45) is 0 Å². The number of thiazole rings is 1. The van der Waals surface area contributed by atoms with Gasteiger partial charge in [-0.1, -0.05) is 0 Å². The summed E-state index contributed by atoms with van der Waals surface area (Å²) in [4.78, 5) is 24.6. The van der Waals surface area contributed by atoms with Crippen LogP contribution in [0.2, 0.25) is 0 Å². The third-order valence-corrected chi connectivity index (χ3v) is 4.74. The Morgan fingerprint density at radius 1 is 1.36 bits per heavy atom. The molecule has 1 aromatic heterocycles. The number of aliphatic hydroxyl groups excluding tert-OH is 1. The third kappa shape index (κ3) is 5.00. The van der Waals surface area contributed by atoms with E-state index in [1.807, 2.05) is 6.07 Å². The third-order valence-electron chi connectivity index (χ3n) is 3.61. The van der Waals surface area contributed by atoms with E-state index in [-0.39, 0.29) is 35.6 Å². The van der Waals surface area contributed by atoms with Crippen LogP contribution in [0.5, 0.6) is 5.75 Å². The van der Waals surface area contributed by atoms with Gasteiger partial charge in [-0.15, -0.1) is 11.3 Å². The Kier molecular flexibility index (Phi) is 7.80. The Bertz CT molecular complexity index is 1030. The molecule has 0 bridgehead atoms. The van der Waals surface area contributed by atoms with Gasteiger partial charge in [-0.3, -0.25) is 9.36 Å². The normalized spacial score (nSPS) is 12.3. The van der Waals surface area contributed by atoms with Crippen molar-refractivity contribution in [2.75, 3.05) is 25.1 Å². The number of carbonyl (C=O) groups is 1. The van der Waals surface area contributed by atoms with Crippen LogP contribution in [0.1, 0.15) is 13.8 Å². The number of ether oxygens (including phenoxy) is 2. The Morgan fingerprint density at radius 3 is 2.64 bits per heavy atom. The van der Waals surface area contributed by atoms with Crippen molar-refractivity contribution in [1.29, 1.82) is 5.26 Å². The van der Waals surface area contributed by atoms with Gasteiger partial charge in [-0.05, 0) is 38.1 Å². The Labute approximate surface area is 165 Å². The van der Waals surface area contributed by atoms with E-state index in [1.54, 1.807) is 38.1 Å². The van der Waals surface area contributed by atoms with Crippen LogP contribution in [0.3, 0.4) is 0 Å². The van der Waals surface area contributed by atoms with Crippen molar-refractivity contribution in [3.63, 3.8) is 0 Å². The molecule has 2 aromatic rings. The molecule has 28 heavy (non-hydrogen) atoms. The molecule has 0 spiro atoms. The van der Waals surface area contributed by atoms with Gasteiger partial charge in [0.25, 0.3) is 5.56 Å². The summed E-state index contributed by atoms with van der Waals surface area (Å²) < 4.78 is 12.2. The number of nitrogens with one attached hydrogen (secondary N) is 1. The quantitative estimate of drug-likeness (QED) is 0.613.